The van der Waals surface area contributed by atoms with Gasteiger partial charge in [0.1, 0.15) is 5.01 Å². The Labute approximate surface area is 110 Å². The standard InChI is InChI=1S/C15H14N2S/c1-10-2-7-13-14(8-10)18-15(17-13)12-5-3-11(9-16)4-6-12/h2-8H,9,16H2,1H3. The van der Waals surface area contributed by atoms with Crippen molar-refractivity contribution in [3.05, 3.63) is 53.6 Å². The van der Waals surface area contributed by atoms with Crippen LogP contribution in [0, 0.1) is 6.92 Å². The SMILES string of the molecule is Cc1ccc2nc(-c3ccc(CN)cc3)sc2c1. The van der Waals surface area contributed by atoms with Crippen LogP contribution in [0.5, 0.6) is 0 Å². The first-order chi connectivity index (χ1) is 8.76. The molecule has 3 aromatic rings. The van der Waals surface area contributed by atoms with Crippen molar-refractivity contribution in [2.24, 2.45) is 5.73 Å². The number of fused-ring (bicyclic) bond motifs is 1. The Morgan fingerprint density at radius 3 is 2.61 bits per heavy atom. The molecule has 2 aromatic carbocycles. The fourth-order valence-corrected chi connectivity index (χ4v) is 3.01. The Balaban J connectivity index is 2.07. The quantitative estimate of drug-likeness (QED) is 0.756. The van der Waals surface area contributed by atoms with Crippen LogP contribution in [-0.4, -0.2) is 4.98 Å². The van der Waals surface area contributed by atoms with Crippen LogP contribution in [-0.2, 0) is 6.54 Å². The van der Waals surface area contributed by atoms with Crippen molar-refractivity contribution in [2.45, 2.75) is 13.5 Å². The van der Waals surface area contributed by atoms with Crippen molar-refractivity contribution in [3.63, 3.8) is 0 Å². The summed E-state index contributed by atoms with van der Waals surface area (Å²) in [5.74, 6) is 0. The first kappa shape index (κ1) is 11.4. The van der Waals surface area contributed by atoms with Crippen molar-refractivity contribution < 1.29 is 0 Å². The highest BCUT2D eigenvalue weighted by Crippen LogP contribution is 2.30. The third kappa shape index (κ3) is 2.03. The zero-order valence-corrected chi connectivity index (χ0v) is 11.0. The first-order valence-electron chi connectivity index (χ1n) is 5.93. The van der Waals surface area contributed by atoms with E-state index in [9.17, 15) is 0 Å². The van der Waals surface area contributed by atoms with Gasteiger partial charge >= 0.3 is 0 Å². The molecule has 0 unspecified atom stereocenters. The number of nitrogens with zero attached hydrogens (tertiary/aromatic N) is 1. The number of nitrogens with two attached hydrogens (primary N) is 1. The van der Waals surface area contributed by atoms with Gasteiger partial charge in [-0.25, -0.2) is 4.98 Å². The molecule has 0 atom stereocenters. The highest BCUT2D eigenvalue weighted by Gasteiger charge is 2.06. The van der Waals surface area contributed by atoms with Gasteiger partial charge in [-0.15, -0.1) is 11.3 Å². The van der Waals surface area contributed by atoms with Crippen LogP contribution in [0.3, 0.4) is 0 Å². The normalized spacial score (nSPS) is 11.0. The van der Waals surface area contributed by atoms with Gasteiger partial charge in [-0.2, -0.15) is 0 Å². The summed E-state index contributed by atoms with van der Waals surface area (Å²) in [4.78, 5) is 4.67. The van der Waals surface area contributed by atoms with Crippen LogP contribution in [0.4, 0.5) is 0 Å². The Hall–Kier alpha value is -1.71. The molecule has 1 aromatic heterocycles. The summed E-state index contributed by atoms with van der Waals surface area (Å²) in [7, 11) is 0. The smallest absolute Gasteiger partial charge is 0.124 e. The van der Waals surface area contributed by atoms with Crippen LogP contribution < -0.4 is 5.73 Å². The Kier molecular flexibility index (Phi) is 2.86. The van der Waals surface area contributed by atoms with Crippen molar-refractivity contribution in [2.75, 3.05) is 0 Å². The van der Waals surface area contributed by atoms with Crippen molar-refractivity contribution >= 4 is 21.6 Å². The maximum Gasteiger partial charge on any atom is 0.124 e. The van der Waals surface area contributed by atoms with Crippen LogP contribution >= 0.6 is 11.3 Å². The number of hydrogen-bond acceptors (Lipinski definition) is 3. The third-order valence-corrected chi connectivity index (χ3v) is 4.05. The Morgan fingerprint density at radius 1 is 1.11 bits per heavy atom. The average molecular weight is 254 g/mol. The fraction of sp³-hybridized carbons (Fsp3) is 0.133. The molecule has 0 saturated carbocycles. The molecule has 0 bridgehead atoms. The van der Waals surface area contributed by atoms with E-state index >= 15 is 0 Å². The molecule has 18 heavy (non-hydrogen) atoms. The predicted molar refractivity (Wildman–Crippen MR) is 77.7 cm³/mol. The summed E-state index contributed by atoms with van der Waals surface area (Å²) >= 11 is 1.74. The van der Waals surface area contributed by atoms with E-state index in [2.05, 4.69) is 54.4 Å². The monoisotopic (exact) mass is 254 g/mol. The number of aromatic nitrogens is 1. The molecular weight excluding hydrogens is 240 g/mol. The number of hydrogen-bond donors (Lipinski definition) is 1. The van der Waals surface area contributed by atoms with Gasteiger partial charge in [0.15, 0.2) is 0 Å². The number of benzene rings is 2. The summed E-state index contributed by atoms with van der Waals surface area (Å²) in [6.07, 6.45) is 0. The molecular formula is C15H14N2S. The lowest BCUT2D eigenvalue weighted by molar-refractivity contribution is 1.07. The van der Waals surface area contributed by atoms with Crippen molar-refractivity contribution in [3.8, 4) is 10.6 Å². The summed E-state index contributed by atoms with van der Waals surface area (Å²) in [5, 5.41) is 1.07. The van der Waals surface area contributed by atoms with E-state index in [1.165, 1.54) is 10.3 Å². The molecule has 3 rings (SSSR count). The van der Waals surface area contributed by atoms with Gasteiger partial charge in [-0.3, -0.25) is 0 Å². The molecule has 90 valence electrons. The molecule has 0 saturated heterocycles. The molecule has 0 aliphatic heterocycles. The summed E-state index contributed by atoms with van der Waals surface area (Å²) in [5.41, 5.74) is 10.3. The van der Waals surface area contributed by atoms with E-state index in [4.69, 9.17) is 5.73 Å². The highest BCUT2D eigenvalue weighted by molar-refractivity contribution is 7.21. The lowest BCUT2D eigenvalue weighted by Gasteiger charge is -1.98. The molecule has 1 heterocycles. The van der Waals surface area contributed by atoms with E-state index in [0.717, 1.165) is 21.7 Å². The molecule has 0 fully saturated rings. The maximum atomic E-state index is 5.60. The molecule has 0 radical (unpaired) electrons. The lowest BCUT2D eigenvalue weighted by atomic mass is 10.1. The van der Waals surface area contributed by atoms with Gasteiger partial charge in [0, 0.05) is 12.1 Å². The minimum atomic E-state index is 0.583. The third-order valence-electron chi connectivity index (χ3n) is 2.98. The van der Waals surface area contributed by atoms with E-state index in [1.54, 1.807) is 11.3 Å². The van der Waals surface area contributed by atoms with E-state index in [0.29, 0.717) is 6.54 Å². The largest absolute Gasteiger partial charge is 0.326 e. The van der Waals surface area contributed by atoms with E-state index in [1.807, 2.05) is 0 Å². The van der Waals surface area contributed by atoms with E-state index in [-0.39, 0.29) is 0 Å². The van der Waals surface area contributed by atoms with Gasteiger partial charge in [0.25, 0.3) is 0 Å². The molecule has 2 nitrogen and oxygen atoms in total. The second-order valence-corrected chi connectivity index (χ2v) is 5.42. The summed E-state index contributed by atoms with van der Waals surface area (Å²) in [6.45, 7) is 2.69. The van der Waals surface area contributed by atoms with Crippen LogP contribution in [0.2, 0.25) is 0 Å². The van der Waals surface area contributed by atoms with Crippen LogP contribution in [0.25, 0.3) is 20.8 Å². The van der Waals surface area contributed by atoms with Crippen molar-refractivity contribution in [1.82, 2.24) is 4.98 Å². The Morgan fingerprint density at radius 2 is 1.89 bits per heavy atom. The lowest BCUT2D eigenvalue weighted by Crippen LogP contribution is -1.94. The Bertz CT molecular complexity index is 683. The van der Waals surface area contributed by atoms with Crippen LogP contribution in [0.15, 0.2) is 42.5 Å². The summed E-state index contributed by atoms with van der Waals surface area (Å²) in [6, 6.07) is 14.7. The minimum absolute atomic E-state index is 0.583. The van der Waals surface area contributed by atoms with Gasteiger partial charge in [0.2, 0.25) is 0 Å². The average Bonchev–Trinajstić information content (AvgIpc) is 2.81. The molecule has 0 aliphatic rings. The summed E-state index contributed by atoms with van der Waals surface area (Å²) < 4.78 is 1.24. The minimum Gasteiger partial charge on any atom is -0.326 e. The van der Waals surface area contributed by atoms with Gasteiger partial charge in [-0.05, 0) is 30.2 Å². The first-order valence-corrected chi connectivity index (χ1v) is 6.74. The van der Waals surface area contributed by atoms with Crippen LogP contribution in [0.1, 0.15) is 11.1 Å². The van der Waals surface area contributed by atoms with Gasteiger partial charge in [0.05, 0.1) is 10.2 Å². The number of rotatable bonds is 2. The molecule has 0 spiro atoms. The molecule has 0 aliphatic carbocycles. The van der Waals surface area contributed by atoms with Gasteiger partial charge < -0.3 is 5.73 Å². The second kappa shape index (κ2) is 4.52. The maximum absolute atomic E-state index is 5.60. The van der Waals surface area contributed by atoms with E-state index < -0.39 is 0 Å². The number of aryl methyl sites for hydroxylation is 1. The fourth-order valence-electron chi connectivity index (χ4n) is 1.94. The zero-order chi connectivity index (χ0) is 12.5. The molecule has 2 N–H and O–H groups in total. The second-order valence-electron chi connectivity index (χ2n) is 4.39. The highest BCUT2D eigenvalue weighted by atomic mass is 32.1. The van der Waals surface area contributed by atoms with Crippen molar-refractivity contribution in [1.29, 1.82) is 0 Å². The number of thiazole rings is 1. The zero-order valence-electron chi connectivity index (χ0n) is 10.2. The van der Waals surface area contributed by atoms with Gasteiger partial charge in [-0.1, -0.05) is 30.3 Å². The molecule has 3 heteroatoms. The predicted octanol–water partition coefficient (Wildman–Crippen LogP) is 3.73. The molecule has 0 amide bonds. The topological polar surface area (TPSA) is 38.9 Å².